The molecular formula is C5H8O3. The molecule has 3 heteroatoms. The normalized spacial score (nSPS) is 26.2. The summed E-state index contributed by atoms with van der Waals surface area (Å²) in [4.78, 5) is 0. The summed E-state index contributed by atoms with van der Waals surface area (Å²) in [7, 11) is 0. The van der Waals surface area contributed by atoms with Gasteiger partial charge >= 0.3 is 0 Å². The molecule has 8 heavy (non-hydrogen) atoms. The molecule has 0 bridgehead atoms. The molecule has 1 rings (SSSR count). The van der Waals surface area contributed by atoms with Gasteiger partial charge in [-0.2, -0.15) is 0 Å². The van der Waals surface area contributed by atoms with Gasteiger partial charge < -0.3 is 14.6 Å². The summed E-state index contributed by atoms with van der Waals surface area (Å²) in [5.41, 5.74) is 0. The van der Waals surface area contributed by atoms with Gasteiger partial charge in [-0.25, -0.2) is 0 Å². The molecule has 0 fully saturated rings. The highest BCUT2D eigenvalue weighted by Crippen LogP contribution is 2.11. The summed E-state index contributed by atoms with van der Waals surface area (Å²) in [6, 6.07) is 0. The zero-order chi connectivity index (χ0) is 5.98. The molecule has 0 spiro atoms. The number of aliphatic hydroxyl groups excluding tert-OH is 1. The maximum atomic E-state index is 8.40. The molecule has 1 N–H and O–H groups in total. The Bertz CT molecular complexity index is 108. The fraction of sp³-hybridized carbons (Fsp3) is 0.600. The first-order chi connectivity index (χ1) is 3.83. The van der Waals surface area contributed by atoms with Crippen LogP contribution in [0.5, 0.6) is 0 Å². The Balaban J connectivity index is 2.32. The van der Waals surface area contributed by atoms with Crippen LogP contribution in [0.25, 0.3) is 0 Å². The van der Waals surface area contributed by atoms with E-state index >= 15 is 0 Å². The van der Waals surface area contributed by atoms with Gasteiger partial charge in [0, 0.05) is 0 Å². The molecular weight excluding hydrogens is 108 g/mol. The van der Waals surface area contributed by atoms with Gasteiger partial charge in [0.15, 0.2) is 0 Å². The summed E-state index contributed by atoms with van der Waals surface area (Å²) in [5, 5.41) is 8.40. The molecule has 0 saturated heterocycles. The third-order valence-electron chi connectivity index (χ3n) is 0.852. The van der Waals surface area contributed by atoms with E-state index in [0.29, 0.717) is 5.76 Å². The fourth-order valence-corrected chi connectivity index (χ4v) is 0.515. The van der Waals surface area contributed by atoms with E-state index in [1.165, 1.54) is 6.26 Å². The van der Waals surface area contributed by atoms with E-state index in [-0.39, 0.29) is 6.61 Å². The van der Waals surface area contributed by atoms with Gasteiger partial charge in [0.1, 0.15) is 18.6 Å². The second kappa shape index (κ2) is 2.05. The monoisotopic (exact) mass is 116 g/mol. The quantitative estimate of drug-likeness (QED) is 0.532. The third kappa shape index (κ3) is 0.924. The van der Waals surface area contributed by atoms with Crippen molar-refractivity contribution < 1.29 is 14.6 Å². The number of hydrogen-bond donors (Lipinski definition) is 1. The summed E-state index contributed by atoms with van der Waals surface area (Å²) in [6.45, 7) is 1.68. The summed E-state index contributed by atoms with van der Waals surface area (Å²) < 4.78 is 9.68. The molecule has 46 valence electrons. The van der Waals surface area contributed by atoms with Crippen LogP contribution in [0.15, 0.2) is 12.0 Å². The van der Waals surface area contributed by atoms with E-state index in [1.807, 2.05) is 0 Å². The van der Waals surface area contributed by atoms with Crippen LogP contribution in [0.1, 0.15) is 6.92 Å². The van der Waals surface area contributed by atoms with Crippen LogP contribution in [0, 0.1) is 0 Å². The first-order valence-corrected chi connectivity index (χ1v) is 2.42. The molecule has 0 aliphatic carbocycles. The van der Waals surface area contributed by atoms with E-state index in [0.717, 1.165) is 0 Å². The molecule has 0 aromatic heterocycles. The van der Waals surface area contributed by atoms with Crippen molar-refractivity contribution in [3.8, 4) is 0 Å². The molecule has 0 amide bonds. The lowest BCUT2D eigenvalue weighted by atomic mass is 10.6. The van der Waals surface area contributed by atoms with Crippen molar-refractivity contribution in [2.45, 2.75) is 13.2 Å². The van der Waals surface area contributed by atoms with Crippen LogP contribution in [-0.4, -0.2) is 18.0 Å². The molecule has 1 aliphatic heterocycles. The van der Waals surface area contributed by atoms with E-state index in [1.54, 1.807) is 6.92 Å². The average molecular weight is 116 g/mol. The molecule has 1 atom stereocenters. The summed E-state index contributed by atoms with van der Waals surface area (Å²) in [5.74, 6) is 0.712. The molecule has 3 nitrogen and oxygen atoms in total. The minimum Gasteiger partial charge on any atom is -0.457 e. The standard InChI is InChI=1S/C5H8O3/c1-4-3-7-5(2-6)8-4/h3,5-6H,2H2,1H3. The molecule has 1 heterocycles. The summed E-state index contributed by atoms with van der Waals surface area (Å²) in [6.07, 6.45) is 1.02. The Morgan fingerprint density at radius 2 is 2.62 bits per heavy atom. The van der Waals surface area contributed by atoms with Crippen LogP contribution < -0.4 is 0 Å². The molecule has 1 aliphatic rings. The average Bonchev–Trinajstić information content (AvgIpc) is 2.14. The van der Waals surface area contributed by atoms with Gasteiger partial charge in [0.05, 0.1) is 0 Å². The maximum Gasteiger partial charge on any atom is 0.262 e. The smallest absolute Gasteiger partial charge is 0.262 e. The van der Waals surface area contributed by atoms with Crippen molar-refractivity contribution in [3.05, 3.63) is 12.0 Å². The van der Waals surface area contributed by atoms with Gasteiger partial charge in [-0.1, -0.05) is 0 Å². The van der Waals surface area contributed by atoms with Crippen LogP contribution >= 0.6 is 0 Å². The van der Waals surface area contributed by atoms with Gasteiger partial charge in [0.2, 0.25) is 0 Å². The van der Waals surface area contributed by atoms with Crippen molar-refractivity contribution in [2.75, 3.05) is 6.61 Å². The third-order valence-corrected chi connectivity index (χ3v) is 0.852. The maximum absolute atomic E-state index is 8.40. The number of ether oxygens (including phenoxy) is 2. The Morgan fingerprint density at radius 1 is 1.88 bits per heavy atom. The van der Waals surface area contributed by atoms with E-state index in [9.17, 15) is 0 Å². The van der Waals surface area contributed by atoms with Gasteiger partial charge in [-0.15, -0.1) is 0 Å². The molecule has 1 unspecified atom stereocenters. The van der Waals surface area contributed by atoms with Gasteiger partial charge in [-0.3, -0.25) is 0 Å². The second-order valence-electron chi connectivity index (χ2n) is 1.59. The fourth-order valence-electron chi connectivity index (χ4n) is 0.515. The summed E-state index contributed by atoms with van der Waals surface area (Å²) >= 11 is 0. The lowest BCUT2D eigenvalue weighted by Gasteiger charge is -2.05. The largest absolute Gasteiger partial charge is 0.457 e. The first kappa shape index (κ1) is 5.44. The minimum absolute atomic E-state index is 0.0894. The van der Waals surface area contributed by atoms with Crippen molar-refractivity contribution in [2.24, 2.45) is 0 Å². The zero-order valence-corrected chi connectivity index (χ0v) is 4.63. The van der Waals surface area contributed by atoms with E-state index in [4.69, 9.17) is 14.6 Å². The number of rotatable bonds is 1. The van der Waals surface area contributed by atoms with Gasteiger partial charge in [0.25, 0.3) is 6.29 Å². The van der Waals surface area contributed by atoms with Crippen molar-refractivity contribution >= 4 is 0 Å². The Hall–Kier alpha value is -0.700. The Morgan fingerprint density at radius 3 is 2.88 bits per heavy atom. The number of allylic oxidation sites excluding steroid dienone is 1. The van der Waals surface area contributed by atoms with Crippen LogP contribution in [-0.2, 0) is 9.47 Å². The zero-order valence-electron chi connectivity index (χ0n) is 4.63. The molecule has 0 aromatic rings. The predicted molar refractivity (Wildman–Crippen MR) is 26.8 cm³/mol. The lowest BCUT2D eigenvalue weighted by Crippen LogP contribution is -2.12. The van der Waals surface area contributed by atoms with Crippen molar-refractivity contribution in [1.29, 1.82) is 0 Å². The SMILES string of the molecule is CC1=COC(CO)O1. The van der Waals surface area contributed by atoms with Crippen molar-refractivity contribution in [3.63, 3.8) is 0 Å². The number of hydrogen-bond acceptors (Lipinski definition) is 3. The van der Waals surface area contributed by atoms with Crippen LogP contribution in [0.4, 0.5) is 0 Å². The highest BCUT2D eigenvalue weighted by atomic mass is 16.7. The highest BCUT2D eigenvalue weighted by Gasteiger charge is 2.13. The van der Waals surface area contributed by atoms with Crippen LogP contribution in [0.2, 0.25) is 0 Å². The molecule has 0 saturated carbocycles. The Kier molecular flexibility index (Phi) is 1.39. The predicted octanol–water partition coefficient (Wildman–Crippen LogP) is 0.213. The van der Waals surface area contributed by atoms with E-state index < -0.39 is 6.29 Å². The topological polar surface area (TPSA) is 38.7 Å². The van der Waals surface area contributed by atoms with E-state index in [2.05, 4.69) is 0 Å². The van der Waals surface area contributed by atoms with Gasteiger partial charge in [-0.05, 0) is 6.92 Å². The Labute approximate surface area is 47.5 Å². The second-order valence-corrected chi connectivity index (χ2v) is 1.59. The molecule has 0 aromatic carbocycles. The minimum atomic E-state index is -0.463. The highest BCUT2D eigenvalue weighted by molar-refractivity contribution is 4.86. The lowest BCUT2D eigenvalue weighted by molar-refractivity contribution is -0.0656. The number of aliphatic hydroxyl groups is 1. The van der Waals surface area contributed by atoms with Crippen LogP contribution in [0.3, 0.4) is 0 Å². The van der Waals surface area contributed by atoms with Crippen molar-refractivity contribution in [1.82, 2.24) is 0 Å². The first-order valence-electron chi connectivity index (χ1n) is 2.42. The molecule has 0 radical (unpaired) electrons.